The van der Waals surface area contributed by atoms with E-state index in [0.717, 1.165) is 36.8 Å². The first kappa shape index (κ1) is 17.6. The summed E-state index contributed by atoms with van der Waals surface area (Å²) in [7, 11) is 0. The minimum atomic E-state index is -0.703. The molecule has 0 spiro atoms. The van der Waals surface area contributed by atoms with Crippen LogP contribution >= 0.6 is 0 Å². The second-order valence-corrected chi connectivity index (χ2v) is 6.29. The van der Waals surface area contributed by atoms with Crippen molar-refractivity contribution in [2.75, 3.05) is 13.2 Å². The van der Waals surface area contributed by atoms with Crippen molar-refractivity contribution in [3.05, 3.63) is 40.2 Å². The fourth-order valence-electron chi connectivity index (χ4n) is 2.83. The molecule has 1 aliphatic rings. The van der Waals surface area contributed by atoms with Crippen LogP contribution in [0.4, 0.5) is 0 Å². The van der Waals surface area contributed by atoms with Gasteiger partial charge in [-0.25, -0.2) is 9.59 Å². The molecule has 2 unspecified atom stereocenters. The van der Waals surface area contributed by atoms with Gasteiger partial charge in [0, 0.05) is 24.1 Å². The van der Waals surface area contributed by atoms with Crippen LogP contribution in [0.1, 0.15) is 31.7 Å². The average molecular weight is 346 g/mol. The number of hydrogen-bond donors (Lipinski definition) is 0. The lowest BCUT2D eigenvalue weighted by atomic mass is 10.1. The Balaban J connectivity index is 1.61. The monoisotopic (exact) mass is 346 g/mol. The molecule has 0 aliphatic carbocycles. The van der Waals surface area contributed by atoms with E-state index in [0.29, 0.717) is 17.9 Å². The molecule has 3 rings (SSSR count). The first-order chi connectivity index (χ1) is 12.0. The van der Waals surface area contributed by atoms with Gasteiger partial charge in [0.1, 0.15) is 11.3 Å². The summed E-state index contributed by atoms with van der Waals surface area (Å²) in [6.45, 7) is 4.60. The van der Waals surface area contributed by atoms with Gasteiger partial charge in [0.15, 0.2) is 6.10 Å². The summed E-state index contributed by atoms with van der Waals surface area (Å²) in [5, 5.41) is 0.804. The van der Waals surface area contributed by atoms with Gasteiger partial charge in [-0.05, 0) is 50.8 Å². The molecule has 2 aromatic rings. The third-order valence-electron chi connectivity index (χ3n) is 4.28. The normalized spacial score (nSPS) is 18.9. The lowest BCUT2D eigenvalue weighted by molar-refractivity contribution is -0.149. The zero-order valence-corrected chi connectivity index (χ0v) is 14.4. The molecular weight excluding hydrogens is 324 g/mol. The van der Waals surface area contributed by atoms with Gasteiger partial charge in [0.05, 0.1) is 12.7 Å². The van der Waals surface area contributed by atoms with Crippen LogP contribution in [0.5, 0.6) is 5.75 Å². The third kappa shape index (κ3) is 4.46. The van der Waals surface area contributed by atoms with Crippen molar-refractivity contribution in [3.63, 3.8) is 0 Å². The number of hydrogen-bond acceptors (Lipinski definition) is 6. The summed E-state index contributed by atoms with van der Waals surface area (Å²) in [6.07, 6.45) is 2.48. The van der Waals surface area contributed by atoms with Crippen molar-refractivity contribution < 1.29 is 23.4 Å². The summed E-state index contributed by atoms with van der Waals surface area (Å²) in [5.41, 5.74) is 0.769. The summed E-state index contributed by atoms with van der Waals surface area (Å²) in [6, 6.07) is 6.40. The Morgan fingerprint density at radius 3 is 2.92 bits per heavy atom. The lowest BCUT2D eigenvalue weighted by Gasteiger charge is -2.23. The maximum atomic E-state index is 12.2. The van der Waals surface area contributed by atoms with Crippen LogP contribution in [-0.2, 0) is 14.3 Å². The number of fused-ring (bicyclic) bond motifs is 1. The molecular formula is C19H22O6. The largest absolute Gasteiger partial charge is 0.424 e. The summed E-state index contributed by atoms with van der Waals surface area (Å²) < 4.78 is 21.6. The fraction of sp³-hybridized carbons (Fsp3) is 0.474. The van der Waals surface area contributed by atoms with E-state index in [4.69, 9.17) is 18.6 Å². The van der Waals surface area contributed by atoms with Gasteiger partial charge in [0.25, 0.3) is 0 Å². The number of esters is 1. The van der Waals surface area contributed by atoms with E-state index in [1.165, 1.54) is 6.07 Å². The molecule has 25 heavy (non-hydrogen) atoms. The second kappa shape index (κ2) is 7.80. The molecule has 134 valence electrons. The Bertz CT molecular complexity index is 803. The van der Waals surface area contributed by atoms with Crippen molar-refractivity contribution in [1.29, 1.82) is 0 Å². The number of carbonyl (C=O) groups is 1. The Hall–Kier alpha value is -2.18. The summed E-state index contributed by atoms with van der Waals surface area (Å²) >= 11 is 0. The highest BCUT2D eigenvalue weighted by Crippen LogP contribution is 2.22. The van der Waals surface area contributed by atoms with Crippen molar-refractivity contribution in [1.82, 2.24) is 0 Å². The van der Waals surface area contributed by atoms with E-state index in [-0.39, 0.29) is 6.10 Å². The number of benzene rings is 1. The molecule has 1 saturated heterocycles. The van der Waals surface area contributed by atoms with Crippen LogP contribution in [0.15, 0.2) is 33.5 Å². The highest BCUT2D eigenvalue weighted by atomic mass is 16.6. The van der Waals surface area contributed by atoms with E-state index in [1.807, 2.05) is 6.92 Å². The molecule has 2 atom stereocenters. The summed E-state index contributed by atoms with van der Waals surface area (Å²) in [5.74, 6) is -0.180. The molecule has 2 heterocycles. The Morgan fingerprint density at radius 1 is 1.32 bits per heavy atom. The van der Waals surface area contributed by atoms with Crippen molar-refractivity contribution in [3.8, 4) is 5.75 Å². The predicted octanol–water partition coefficient (Wildman–Crippen LogP) is 2.98. The molecule has 6 nitrogen and oxygen atoms in total. The van der Waals surface area contributed by atoms with Crippen LogP contribution in [-0.4, -0.2) is 31.4 Å². The van der Waals surface area contributed by atoms with Gasteiger partial charge in [-0.2, -0.15) is 0 Å². The number of rotatable bonds is 5. The van der Waals surface area contributed by atoms with E-state index in [1.54, 1.807) is 25.1 Å². The van der Waals surface area contributed by atoms with Crippen LogP contribution in [0, 0.1) is 6.92 Å². The number of ether oxygens (including phenoxy) is 3. The molecule has 1 fully saturated rings. The standard InChI is InChI=1S/C19H22O6/c1-12-9-18(20)25-17-10-14(6-7-16(12)17)24-19(21)13(2)23-11-15-5-3-4-8-22-15/h6-7,9-10,13,15H,3-5,8,11H2,1-2H3. The molecule has 1 aromatic carbocycles. The van der Waals surface area contributed by atoms with E-state index in [9.17, 15) is 9.59 Å². The summed E-state index contributed by atoms with van der Waals surface area (Å²) in [4.78, 5) is 23.6. The number of carbonyl (C=O) groups excluding carboxylic acids is 1. The minimum Gasteiger partial charge on any atom is -0.424 e. The molecule has 1 aliphatic heterocycles. The Morgan fingerprint density at radius 2 is 2.16 bits per heavy atom. The van der Waals surface area contributed by atoms with Crippen molar-refractivity contribution in [2.45, 2.75) is 45.3 Å². The first-order valence-electron chi connectivity index (χ1n) is 8.52. The Kier molecular flexibility index (Phi) is 5.50. The second-order valence-electron chi connectivity index (χ2n) is 6.29. The predicted molar refractivity (Wildman–Crippen MR) is 91.9 cm³/mol. The zero-order chi connectivity index (χ0) is 17.8. The molecule has 6 heteroatoms. The van der Waals surface area contributed by atoms with Gasteiger partial charge in [-0.3, -0.25) is 0 Å². The molecule has 0 bridgehead atoms. The zero-order valence-electron chi connectivity index (χ0n) is 14.4. The molecule has 0 saturated carbocycles. The highest BCUT2D eigenvalue weighted by molar-refractivity contribution is 5.83. The van der Waals surface area contributed by atoms with Gasteiger partial charge < -0.3 is 18.6 Å². The smallest absolute Gasteiger partial charge is 0.340 e. The fourth-order valence-corrected chi connectivity index (χ4v) is 2.83. The highest BCUT2D eigenvalue weighted by Gasteiger charge is 2.20. The van der Waals surface area contributed by atoms with Gasteiger partial charge in [-0.15, -0.1) is 0 Å². The molecule has 0 radical (unpaired) electrons. The van der Waals surface area contributed by atoms with E-state index in [2.05, 4.69) is 0 Å². The maximum Gasteiger partial charge on any atom is 0.340 e. The number of aryl methyl sites for hydroxylation is 1. The molecule has 1 aromatic heterocycles. The van der Waals surface area contributed by atoms with Crippen molar-refractivity contribution in [2.24, 2.45) is 0 Å². The van der Waals surface area contributed by atoms with Crippen LogP contribution < -0.4 is 10.4 Å². The third-order valence-corrected chi connectivity index (χ3v) is 4.28. The van der Waals surface area contributed by atoms with Gasteiger partial charge in [-0.1, -0.05) is 0 Å². The minimum absolute atomic E-state index is 0.0434. The quantitative estimate of drug-likeness (QED) is 0.471. The SMILES string of the molecule is Cc1cc(=O)oc2cc(OC(=O)C(C)OCC3CCCCO3)ccc12. The van der Waals surface area contributed by atoms with Crippen LogP contribution in [0.25, 0.3) is 11.0 Å². The van der Waals surface area contributed by atoms with Crippen LogP contribution in [0.3, 0.4) is 0 Å². The van der Waals surface area contributed by atoms with E-state index < -0.39 is 17.7 Å². The lowest BCUT2D eigenvalue weighted by Crippen LogP contribution is -2.31. The molecule has 0 N–H and O–H groups in total. The van der Waals surface area contributed by atoms with Gasteiger partial charge in [0.2, 0.25) is 0 Å². The van der Waals surface area contributed by atoms with E-state index >= 15 is 0 Å². The Labute approximate surface area is 145 Å². The van der Waals surface area contributed by atoms with Gasteiger partial charge >= 0.3 is 11.6 Å². The molecule has 0 amide bonds. The average Bonchev–Trinajstić information content (AvgIpc) is 2.60. The van der Waals surface area contributed by atoms with Crippen molar-refractivity contribution >= 4 is 16.9 Å². The maximum absolute atomic E-state index is 12.2. The topological polar surface area (TPSA) is 75.0 Å². The van der Waals surface area contributed by atoms with Crippen LogP contribution in [0.2, 0.25) is 0 Å². The first-order valence-corrected chi connectivity index (χ1v) is 8.52.